The van der Waals surface area contributed by atoms with E-state index < -0.39 is 0 Å². The zero-order chi connectivity index (χ0) is 40.2. The fourth-order valence-electron chi connectivity index (χ4n) is 1.65. The average Bonchev–Trinajstić information content (AvgIpc) is 3.21. The molecule has 0 aromatic heterocycles. The van der Waals surface area contributed by atoms with Crippen LogP contribution in [-0.2, 0) is 0 Å². The van der Waals surface area contributed by atoms with E-state index in [2.05, 4.69) is 323 Å². The summed E-state index contributed by atoms with van der Waals surface area (Å²) in [4.78, 5) is 0. The van der Waals surface area contributed by atoms with Crippen LogP contribution in [0.15, 0.2) is 323 Å². The average molecular weight is 677 g/mol. The van der Waals surface area contributed by atoms with Gasteiger partial charge in [0.25, 0.3) is 0 Å². The summed E-state index contributed by atoms with van der Waals surface area (Å²) in [5, 5.41) is 0. The smallest absolute Gasteiger partial charge is 0 e. The lowest BCUT2D eigenvalue weighted by Crippen LogP contribution is -1.26. The van der Waals surface area contributed by atoms with E-state index in [-0.39, 0.29) is 0 Å². The lowest BCUT2D eigenvalue weighted by atomic mass is 10.6. The molecule has 56 heavy (non-hydrogen) atoms. The van der Waals surface area contributed by atoms with E-state index in [0.29, 0.717) is 0 Å². The summed E-state index contributed by atoms with van der Waals surface area (Å²) < 4.78 is 0. The molecule has 0 N–H and O–H groups in total. The van der Waals surface area contributed by atoms with Gasteiger partial charge in [-0.2, -0.15) is 0 Å². The maximum absolute atomic E-state index is 3.31. The molecule has 0 saturated heterocycles. The van der Waals surface area contributed by atoms with E-state index in [1.165, 1.54) is 0 Å². The summed E-state index contributed by atoms with van der Waals surface area (Å²) in [6, 6.07) is 0. The standard InChI is InChI=1S/C56H4/c1-3-5-7-9-11-13-15-17-19-21-23-25-27-29-31-33-35-37-39-41-43-45-47-49-51-53-55-56-54-52-50-48-46-44-42-40-38-36-34-32-30-28-26-24-22-20-18-16-14-12-10-8-6-4-2/h1-2H2. The van der Waals surface area contributed by atoms with Gasteiger partial charge in [-0.15, -0.1) is 0 Å². The molecule has 0 spiro atoms. The minimum atomic E-state index is 2.37. The molecule has 0 rings (SSSR count). The van der Waals surface area contributed by atoms with Crippen molar-refractivity contribution in [3.05, 3.63) is 323 Å². The first-order valence-corrected chi connectivity index (χ1v) is 14.0. The topological polar surface area (TPSA) is 0 Å². The molecule has 0 aliphatic carbocycles. The van der Waals surface area contributed by atoms with Crippen LogP contribution < -0.4 is 0 Å². The number of hydrogen-bond acceptors (Lipinski definition) is 0. The molecule has 0 heterocycles. The van der Waals surface area contributed by atoms with Crippen molar-refractivity contribution in [2.75, 3.05) is 0 Å². The molecule has 0 nitrogen and oxygen atoms in total. The minimum Gasteiger partial charge on any atom is -0.0687 e. The van der Waals surface area contributed by atoms with E-state index in [1.54, 1.807) is 0 Å². The lowest BCUT2D eigenvalue weighted by molar-refractivity contribution is 2.10. The Morgan fingerprint density at radius 1 is 0.0893 bits per heavy atom. The summed E-state index contributed by atoms with van der Waals surface area (Å²) in [6.07, 6.45) is 0. The van der Waals surface area contributed by atoms with Gasteiger partial charge in [-0.3, -0.25) is 0 Å². The molecule has 0 amide bonds. The van der Waals surface area contributed by atoms with E-state index in [9.17, 15) is 0 Å². The maximum Gasteiger partial charge on any atom is 0 e. The van der Waals surface area contributed by atoms with Gasteiger partial charge in [-0.05, 0) is 105 Å². The second-order valence-electron chi connectivity index (χ2n) is 6.85. The second kappa shape index (κ2) is 42.9. The number of rotatable bonds is 0. The summed E-state index contributed by atoms with van der Waals surface area (Å²) >= 11 is 0. The normalized spacial score (nSPS) is 3.93. The zero-order valence-corrected chi connectivity index (χ0v) is 28.4. The van der Waals surface area contributed by atoms with E-state index in [0.717, 1.165) is 0 Å². The first kappa shape index (κ1) is 43.9. The van der Waals surface area contributed by atoms with Gasteiger partial charge in [0, 0.05) is 206 Å². The maximum atomic E-state index is 3.31. The van der Waals surface area contributed by atoms with Crippen molar-refractivity contribution >= 4 is 0 Å². The Kier molecular flexibility index (Phi) is 33.6. The van der Waals surface area contributed by atoms with E-state index in [4.69, 9.17) is 0 Å². The molecule has 0 atom stereocenters. The van der Waals surface area contributed by atoms with Gasteiger partial charge in [0.1, 0.15) is 0 Å². The van der Waals surface area contributed by atoms with Gasteiger partial charge in [-0.1, -0.05) is 11.5 Å². The lowest BCUT2D eigenvalue weighted by Gasteiger charge is -1.41. The van der Waals surface area contributed by atoms with Crippen LogP contribution in [0.25, 0.3) is 0 Å². The molecular formula is C56H4. The van der Waals surface area contributed by atoms with Crippen molar-refractivity contribution in [1.82, 2.24) is 0 Å². The largest absolute Gasteiger partial charge is 0.0687 e. The highest BCUT2D eigenvalue weighted by Crippen LogP contribution is 1.62. The quantitative estimate of drug-likeness (QED) is 0.225. The SMILES string of the molecule is C=C=C=C=C=C=C=C=C=C=C=C=C=C=C=C=C=C=C=C=C=C=C=C=C=C=C=C=C=C=C=C=C=C=C=C=C=C=C=C=C=C=C=C=C=C=C=C=C=C=C=C=C=C=C=C. The van der Waals surface area contributed by atoms with Gasteiger partial charge in [0.05, 0.1) is 0 Å². The Bertz CT molecular complexity index is 3680. The van der Waals surface area contributed by atoms with Gasteiger partial charge >= 0.3 is 0 Å². The van der Waals surface area contributed by atoms with Gasteiger partial charge < -0.3 is 0 Å². The third-order valence-electron chi connectivity index (χ3n) is 3.36. The molecule has 0 unspecified atom stereocenters. The Morgan fingerprint density at radius 2 is 0.143 bits per heavy atom. The van der Waals surface area contributed by atoms with Crippen LogP contribution in [-0.4, -0.2) is 0 Å². The Balaban J connectivity index is 6.10. The monoisotopic (exact) mass is 676 g/mol. The van der Waals surface area contributed by atoms with Crippen molar-refractivity contribution in [3.8, 4) is 0 Å². The fraction of sp³-hybridized carbons (Fsp3) is 0. The van der Waals surface area contributed by atoms with Crippen LogP contribution in [0.5, 0.6) is 0 Å². The zero-order valence-electron chi connectivity index (χ0n) is 28.4. The molecule has 0 fully saturated rings. The Morgan fingerprint density at radius 3 is 0.196 bits per heavy atom. The molecule has 0 aromatic rings. The highest BCUT2D eigenvalue weighted by atomic mass is 13.5. The molecule has 0 aliphatic heterocycles. The van der Waals surface area contributed by atoms with Gasteiger partial charge in [0.2, 0.25) is 0 Å². The highest BCUT2D eigenvalue weighted by molar-refractivity contribution is 4.97. The molecular weight excluding hydrogens is 673 g/mol. The third kappa shape index (κ3) is 41.9. The predicted octanol–water partition coefficient (Wildman–Crippen LogP) is 9.18. The van der Waals surface area contributed by atoms with Gasteiger partial charge in [-0.25, -0.2) is 0 Å². The van der Waals surface area contributed by atoms with Crippen molar-refractivity contribution < 1.29 is 0 Å². The first-order chi connectivity index (χ1) is 27.9. The molecule has 0 aliphatic rings. The van der Waals surface area contributed by atoms with Crippen molar-refractivity contribution in [2.45, 2.75) is 0 Å². The Hall–Kier alpha value is -12.1. The Labute approximate surface area is 321 Å². The molecule has 0 bridgehead atoms. The summed E-state index contributed by atoms with van der Waals surface area (Å²) in [6.45, 7) is 6.63. The second-order valence-corrected chi connectivity index (χ2v) is 6.85. The van der Waals surface area contributed by atoms with Crippen LogP contribution in [0.4, 0.5) is 0 Å². The fourth-order valence-corrected chi connectivity index (χ4v) is 1.65. The molecule has 0 heteroatoms. The summed E-state index contributed by atoms with van der Waals surface area (Å²) in [5.41, 5.74) is 134. The van der Waals surface area contributed by atoms with Crippen molar-refractivity contribution in [2.24, 2.45) is 0 Å². The third-order valence-corrected chi connectivity index (χ3v) is 3.36. The van der Waals surface area contributed by atoms with E-state index >= 15 is 0 Å². The van der Waals surface area contributed by atoms with E-state index in [1.807, 2.05) is 0 Å². The van der Waals surface area contributed by atoms with Crippen LogP contribution in [0, 0.1) is 0 Å². The van der Waals surface area contributed by atoms with Crippen molar-refractivity contribution in [1.29, 1.82) is 0 Å². The first-order valence-electron chi connectivity index (χ1n) is 14.0. The minimum absolute atomic E-state index is 2.37. The summed E-state index contributed by atoms with van der Waals surface area (Å²) in [5.74, 6) is 0. The molecule has 0 radical (unpaired) electrons. The van der Waals surface area contributed by atoms with Crippen LogP contribution in [0.3, 0.4) is 0 Å². The molecule has 0 aromatic carbocycles. The van der Waals surface area contributed by atoms with Crippen LogP contribution >= 0.6 is 0 Å². The predicted molar refractivity (Wildman–Crippen MR) is 201 cm³/mol. The van der Waals surface area contributed by atoms with Crippen LogP contribution in [0.1, 0.15) is 0 Å². The van der Waals surface area contributed by atoms with Crippen molar-refractivity contribution in [3.63, 3.8) is 0 Å². The van der Waals surface area contributed by atoms with Gasteiger partial charge in [0.15, 0.2) is 0 Å². The number of hydrogen-bond donors (Lipinski definition) is 0. The summed E-state index contributed by atoms with van der Waals surface area (Å²) in [7, 11) is 0. The van der Waals surface area contributed by atoms with Crippen LogP contribution in [0.2, 0.25) is 0 Å². The molecule has 0 saturated carbocycles. The molecule has 228 valence electrons. The highest BCUT2D eigenvalue weighted by Gasteiger charge is 1.46.